The third-order valence-corrected chi connectivity index (χ3v) is 5.39. The molecule has 0 aromatic heterocycles. The fourth-order valence-electron chi connectivity index (χ4n) is 3.84. The second-order valence-corrected chi connectivity index (χ2v) is 7.16. The number of rotatable bonds is 5. The predicted octanol–water partition coefficient (Wildman–Crippen LogP) is 2.73. The van der Waals surface area contributed by atoms with Crippen molar-refractivity contribution in [2.75, 3.05) is 19.6 Å². The van der Waals surface area contributed by atoms with E-state index in [1.807, 2.05) is 12.1 Å². The van der Waals surface area contributed by atoms with E-state index in [4.69, 9.17) is 0 Å². The first kappa shape index (κ1) is 16.9. The van der Waals surface area contributed by atoms with E-state index in [-0.39, 0.29) is 11.9 Å². The highest BCUT2D eigenvalue weighted by Crippen LogP contribution is 2.21. The Bertz CT molecular complexity index is 463. The minimum absolute atomic E-state index is 0.0682. The lowest BCUT2D eigenvalue weighted by Gasteiger charge is -2.36. The van der Waals surface area contributed by atoms with Gasteiger partial charge >= 0.3 is 0 Å². The average molecular weight is 320 g/mol. The summed E-state index contributed by atoms with van der Waals surface area (Å²) in [5, 5.41) is 13.4. The van der Waals surface area contributed by atoms with Crippen LogP contribution in [-0.4, -0.2) is 47.8 Å². The summed E-state index contributed by atoms with van der Waals surface area (Å²) in [6.45, 7) is 3.36. The van der Waals surface area contributed by atoms with Crippen molar-refractivity contribution in [1.29, 1.82) is 0 Å². The number of nitrogens with one attached hydrogen (secondary N) is 1. The Morgan fingerprint density at radius 1 is 0.957 bits per heavy atom. The minimum Gasteiger partial charge on any atom is -0.393 e. The molecular weight excluding hydrogens is 291 g/mol. The van der Waals surface area contributed by atoms with Crippen molar-refractivity contribution in [3.05, 3.63) is 35.6 Å². The van der Waals surface area contributed by atoms with Gasteiger partial charge in [-0.15, -0.1) is 0 Å². The number of aliphatic hydroxyl groups is 1. The van der Waals surface area contributed by atoms with E-state index in [0.29, 0.717) is 12.1 Å². The van der Waals surface area contributed by atoms with E-state index in [2.05, 4.69) is 10.2 Å². The van der Waals surface area contributed by atoms with E-state index < -0.39 is 0 Å². The van der Waals surface area contributed by atoms with Crippen LogP contribution in [0.3, 0.4) is 0 Å². The number of hydrogen-bond acceptors (Lipinski definition) is 3. The molecule has 4 heteroatoms. The fourth-order valence-corrected chi connectivity index (χ4v) is 3.84. The smallest absolute Gasteiger partial charge is 0.123 e. The molecule has 2 aliphatic rings. The molecule has 0 bridgehead atoms. The van der Waals surface area contributed by atoms with Gasteiger partial charge in [-0.2, -0.15) is 0 Å². The van der Waals surface area contributed by atoms with E-state index in [1.165, 1.54) is 18.4 Å². The van der Waals surface area contributed by atoms with Crippen LogP contribution in [-0.2, 0) is 6.42 Å². The van der Waals surface area contributed by atoms with Crippen LogP contribution >= 0.6 is 0 Å². The van der Waals surface area contributed by atoms with Crippen molar-refractivity contribution in [2.45, 2.75) is 63.1 Å². The van der Waals surface area contributed by atoms with Gasteiger partial charge in [0.1, 0.15) is 5.82 Å². The molecule has 23 heavy (non-hydrogen) atoms. The number of piperidine rings is 1. The lowest BCUT2D eigenvalue weighted by atomic mass is 9.91. The van der Waals surface area contributed by atoms with E-state index >= 15 is 0 Å². The largest absolute Gasteiger partial charge is 0.393 e. The Hall–Kier alpha value is -0.970. The Morgan fingerprint density at radius 2 is 1.57 bits per heavy atom. The topological polar surface area (TPSA) is 35.5 Å². The molecule has 3 nitrogen and oxygen atoms in total. The number of aliphatic hydroxyl groups excluding tert-OH is 1. The Morgan fingerprint density at radius 3 is 2.22 bits per heavy atom. The monoisotopic (exact) mass is 320 g/mol. The summed E-state index contributed by atoms with van der Waals surface area (Å²) in [4.78, 5) is 2.52. The van der Waals surface area contributed by atoms with Gasteiger partial charge in [0, 0.05) is 18.6 Å². The number of halogens is 1. The molecule has 1 saturated heterocycles. The molecule has 0 unspecified atom stereocenters. The normalized spacial score (nSPS) is 27.2. The molecule has 1 heterocycles. The second-order valence-electron chi connectivity index (χ2n) is 7.16. The first-order valence-corrected chi connectivity index (χ1v) is 9.10. The van der Waals surface area contributed by atoms with Crippen LogP contribution in [0.4, 0.5) is 4.39 Å². The van der Waals surface area contributed by atoms with Crippen LogP contribution < -0.4 is 5.32 Å². The van der Waals surface area contributed by atoms with Crippen molar-refractivity contribution in [2.24, 2.45) is 0 Å². The molecule has 0 amide bonds. The predicted molar refractivity (Wildman–Crippen MR) is 91.0 cm³/mol. The molecule has 0 atom stereocenters. The molecular formula is C19H29FN2O. The Balaban J connectivity index is 1.34. The van der Waals surface area contributed by atoms with Crippen molar-refractivity contribution in [1.82, 2.24) is 10.2 Å². The zero-order valence-corrected chi connectivity index (χ0v) is 13.9. The first-order valence-electron chi connectivity index (χ1n) is 9.10. The molecule has 1 aliphatic carbocycles. The van der Waals surface area contributed by atoms with Gasteiger partial charge in [-0.05, 0) is 75.7 Å². The summed E-state index contributed by atoms with van der Waals surface area (Å²) >= 11 is 0. The van der Waals surface area contributed by atoms with Gasteiger partial charge < -0.3 is 15.3 Å². The van der Waals surface area contributed by atoms with Crippen molar-refractivity contribution in [3.8, 4) is 0 Å². The van der Waals surface area contributed by atoms with Gasteiger partial charge in [0.25, 0.3) is 0 Å². The fraction of sp³-hybridized carbons (Fsp3) is 0.684. The Kier molecular flexibility index (Phi) is 6.03. The zero-order chi connectivity index (χ0) is 16.1. The maximum atomic E-state index is 12.9. The van der Waals surface area contributed by atoms with E-state index in [1.54, 1.807) is 12.1 Å². The van der Waals surface area contributed by atoms with Crippen LogP contribution in [0, 0.1) is 5.82 Å². The molecule has 1 aliphatic heterocycles. The number of hydrogen-bond donors (Lipinski definition) is 2. The number of likely N-dealkylation sites (tertiary alicyclic amines) is 1. The third kappa shape index (κ3) is 5.27. The lowest BCUT2D eigenvalue weighted by Crippen LogP contribution is -2.47. The van der Waals surface area contributed by atoms with Crippen LogP contribution in [0.1, 0.15) is 44.1 Å². The SMILES string of the molecule is OC1CCC(NC2CCN(CCc3ccc(F)cc3)CC2)CC1. The molecule has 128 valence electrons. The summed E-state index contributed by atoms with van der Waals surface area (Å²) in [6.07, 6.45) is 7.49. The molecule has 1 saturated carbocycles. The molecule has 2 N–H and O–H groups in total. The van der Waals surface area contributed by atoms with E-state index in [9.17, 15) is 9.50 Å². The molecule has 1 aromatic carbocycles. The van der Waals surface area contributed by atoms with Gasteiger partial charge in [-0.25, -0.2) is 4.39 Å². The van der Waals surface area contributed by atoms with Gasteiger partial charge in [0.05, 0.1) is 6.10 Å². The lowest BCUT2D eigenvalue weighted by molar-refractivity contribution is 0.108. The zero-order valence-electron chi connectivity index (χ0n) is 13.9. The molecule has 1 aromatic rings. The number of benzene rings is 1. The van der Waals surface area contributed by atoms with Crippen molar-refractivity contribution in [3.63, 3.8) is 0 Å². The molecule has 0 spiro atoms. The highest BCUT2D eigenvalue weighted by atomic mass is 19.1. The first-order chi connectivity index (χ1) is 11.2. The quantitative estimate of drug-likeness (QED) is 0.876. The molecule has 2 fully saturated rings. The van der Waals surface area contributed by atoms with Crippen LogP contribution in [0.25, 0.3) is 0 Å². The summed E-state index contributed by atoms with van der Waals surface area (Å²) in [6, 6.07) is 8.12. The van der Waals surface area contributed by atoms with Gasteiger partial charge in [-0.1, -0.05) is 12.1 Å². The maximum Gasteiger partial charge on any atom is 0.123 e. The van der Waals surface area contributed by atoms with Crippen molar-refractivity contribution < 1.29 is 9.50 Å². The molecule has 0 radical (unpaired) electrons. The van der Waals surface area contributed by atoms with Crippen molar-refractivity contribution >= 4 is 0 Å². The summed E-state index contributed by atoms with van der Waals surface area (Å²) in [5.41, 5.74) is 1.22. The highest BCUT2D eigenvalue weighted by Gasteiger charge is 2.24. The standard InChI is InChI=1S/C19H29FN2O/c20-16-3-1-15(2-4-16)9-12-22-13-10-18(11-14-22)21-17-5-7-19(23)8-6-17/h1-4,17-19,21,23H,5-14H2. The summed E-state index contributed by atoms with van der Waals surface area (Å²) in [7, 11) is 0. The van der Waals surface area contributed by atoms with Crippen LogP contribution in [0.15, 0.2) is 24.3 Å². The molecule has 3 rings (SSSR count). The van der Waals surface area contributed by atoms with Gasteiger partial charge in [0.15, 0.2) is 0 Å². The maximum absolute atomic E-state index is 12.9. The summed E-state index contributed by atoms with van der Waals surface area (Å²) in [5.74, 6) is -0.157. The van der Waals surface area contributed by atoms with Crippen LogP contribution in [0.2, 0.25) is 0 Å². The van der Waals surface area contributed by atoms with Crippen LogP contribution in [0.5, 0.6) is 0 Å². The Labute approximate surface area is 138 Å². The second kappa shape index (κ2) is 8.22. The van der Waals surface area contributed by atoms with Gasteiger partial charge in [0.2, 0.25) is 0 Å². The summed E-state index contributed by atoms with van der Waals surface area (Å²) < 4.78 is 12.9. The minimum atomic E-state index is -0.157. The van der Waals surface area contributed by atoms with E-state index in [0.717, 1.165) is 51.7 Å². The average Bonchev–Trinajstić information content (AvgIpc) is 2.58. The van der Waals surface area contributed by atoms with Gasteiger partial charge in [-0.3, -0.25) is 0 Å². The number of nitrogens with zero attached hydrogens (tertiary/aromatic N) is 1. The third-order valence-electron chi connectivity index (χ3n) is 5.39. The highest BCUT2D eigenvalue weighted by molar-refractivity contribution is 5.16.